The zero-order chi connectivity index (χ0) is 24.8. The van der Waals surface area contributed by atoms with Crippen molar-refractivity contribution in [3.8, 4) is 0 Å². The van der Waals surface area contributed by atoms with Crippen LogP contribution in [0.1, 0.15) is 6.42 Å². The second-order valence-corrected chi connectivity index (χ2v) is 9.94. The molecule has 3 rings (SSSR count). The Hall–Kier alpha value is -2.51. The van der Waals surface area contributed by atoms with E-state index in [0.29, 0.717) is 6.07 Å². The van der Waals surface area contributed by atoms with E-state index in [2.05, 4.69) is 10.3 Å². The van der Waals surface area contributed by atoms with Crippen LogP contribution in [0, 0.1) is 16.4 Å². The number of halogens is 6. The summed E-state index contributed by atoms with van der Waals surface area (Å²) >= 11 is 5.86. The number of carbonyl (C=O) groups is 1. The number of anilines is 2. The number of methoxy groups -OCH3 is 1. The Morgan fingerprint density at radius 2 is 2.03 bits per heavy atom. The third-order valence-electron chi connectivity index (χ3n) is 5.26. The van der Waals surface area contributed by atoms with E-state index < -0.39 is 63.1 Å². The lowest BCUT2D eigenvalue weighted by Gasteiger charge is -2.30. The Bertz CT molecular complexity index is 1190. The fourth-order valence-corrected chi connectivity index (χ4v) is 4.37. The molecule has 1 aliphatic heterocycles. The van der Waals surface area contributed by atoms with E-state index in [1.165, 1.54) is 12.3 Å². The van der Waals surface area contributed by atoms with Crippen LogP contribution in [0.5, 0.6) is 0 Å². The van der Waals surface area contributed by atoms with Gasteiger partial charge in [0.2, 0.25) is 5.91 Å². The number of carbonyl (C=O) groups excluding carboxylic acids is 1. The molecular formula is C19H18ClF5N4O3S. The zero-order valence-corrected chi connectivity index (χ0v) is 18.7. The monoisotopic (exact) mass is 512 g/mol. The Morgan fingerprint density at radius 3 is 2.61 bits per heavy atom. The molecule has 2 aromatic rings. The first-order valence-electron chi connectivity index (χ1n) is 9.23. The summed E-state index contributed by atoms with van der Waals surface area (Å²) in [5, 5.41) is 1.46. The number of amides is 1. The summed E-state index contributed by atoms with van der Waals surface area (Å²) in [5.41, 5.74) is -3.08. The van der Waals surface area contributed by atoms with Crippen LogP contribution in [0.2, 0.25) is 5.02 Å². The molecule has 0 saturated carbocycles. The van der Waals surface area contributed by atoms with Crippen LogP contribution in [0.3, 0.4) is 0 Å². The SMILES string of the molecule is CO[C@]1(C(F)(F)F)C[C@H](C(=O)Nc2ccnc([S@](C)(=N)=O)c2)N(c2ccc(F)c(F)c2Cl)C1. The van der Waals surface area contributed by atoms with Gasteiger partial charge in [-0.15, -0.1) is 0 Å². The van der Waals surface area contributed by atoms with Crippen molar-refractivity contribution in [3.05, 3.63) is 47.1 Å². The van der Waals surface area contributed by atoms with Crippen LogP contribution < -0.4 is 10.2 Å². The molecule has 33 heavy (non-hydrogen) atoms. The molecule has 1 fully saturated rings. The molecule has 1 aliphatic rings. The highest BCUT2D eigenvalue weighted by Gasteiger charge is 2.63. The number of aromatic nitrogens is 1. The first-order chi connectivity index (χ1) is 15.2. The van der Waals surface area contributed by atoms with Crippen LogP contribution >= 0.6 is 11.6 Å². The third kappa shape index (κ3) is 4.75. The van der Waals surface area contributed by atoms with Gasteiger partial charge in [-0.2, -0.15) is 13.2 Å². The molecule has 3 atom stereocenters. The van der Waals surface area contributed by atoms with Crippen molar-refractivity contribution >= 4 is 38.6 Å². The third-order valence-corrected chi connectivity index (χ3v) is 6.64. The van der Waals surface area contributed by atoms with Crippen molar-refractivity contribution in [1.29, 1.82) is 4.78 Å². The number of hydrogen-bond donors (Lipinski definition) is 2. The number of pyridine rings is 1. The Morgan fingerprint density at radius 1 is 1.36 bits per heavy atom. The number of hydrogen-bond acceptors (Lipinski definition) is 6. The maximum atomic E-state index is 14.0. The fraction of sp³-hybridized carbons (Fsp3) is 0.368. The van der Waals surface area contributed by atoms with Crippen molar-refractivity contribution in [3.63, 3.8) is 0 Å². The largest absolute Gasteiger partial charge is 0.419 e. The second kappa shape index (κ2) is 8.69. The Balaban J connectivity index is 2.03. The summed E-state index contributed by atoms with van der Waals surface area (Å²) in [4.78, 5) is 17.7. The molecule has 1 saturated heterocycles. The molecule has 2 heterocycles. The average Bonchev–Trinajstić information content (AvgIpc) is 3.13. The van der Waals surface area contributed by atoms with Gasteiger partial charge in [-0.3, -0.25) is 4.79 Å². The highest BCUT2D eigenvalue weighted by atomic mass is 35.5. The molecule has 1 aromatic heterocycles. The lowest BCUT2D eigenvalue weighted by atomic mass is 9.99. The summed E-state index contributed by atoms with van der Waals surface area (Å²) in [7, 11) is -2.39. The molecule has 7 nitrogen and oxygen atoms in total. The molecule has 1 amide bonds. The number of nitrogens with zero attached hydrogens (tertiary/aromatic N) is 2. The van der Waals surface area contributed by atoms with E-state index in [1.54, 1.807) is 0 Å². The molecule has 2 N–H and O–H groups in total. The zero-order valence-electron chi connectivity index (χ0n) is 17.2. The molecule has 0 aliphatic carbocycles. The minimum atomic E-state index is -4.90. The lowest BCUT2D eigenvalue weighted by molar-refractivity contribution is -0.261. The minimum absolute atomic E-state index is 0.0325. The van der Waals surface area contributed by atoms with Gasteiger partial charge in [0.1, 0.15) is 16.1 Å². The van der Waals surface area contributed by atoms with Crippen LogP contribution in [-0.2, 0) is 19.3 Å². The molecule has 14 heteroatoms. The second-order valence-electron chi connectivity index (χ2n) is 7.45. The molecule has 1 aromatic carbocycles. The Labute approximate surface area is 190 Å². The van der Waals surface area contributed by atoms with Crippen LogP contribution in [0.15, 0.2) is 35.5 Å². The topological polar surface area (TPSA) is 95.4 Å². The molecule has 180 valence electrons. The van der Waals surface area contributed by atoms with Crippen molar-refractivity contribution in [2.24, 2.45) is 0 Å². The maximum Gasteiger partial charge on any atom is 0.419 e. The minimum Gasteiger partial charge on any atom is -0.367 e. The van der Waals surface area contributed by atoms with Gasteiger partial charge in [-0.25, -0.2) is 22.8 Å². The van der Waals surface area contributed by atoms with Crippen molar-refractivity contribution < 1.29 is 35.7 Å². The summed E-state index contributed by atoms with van der Waals surface area (Å²) in [5.74, 6) is -3.72. The van der Waals surface area contributed by atoms with Gasteiger partial charge in [0, 0.05) is 31.7 Å². The van der Waals surface area contributed by atoms with Crippen LogP contribution in [0.25, 0.3) is 0 Å². The van der Waals surface area contributed by atoms with Gasteiger partial charge in [0.25, 0.3) is 0 Å². The normalized spacial score (nSPS) is 22.8. The van der Waals surface area contributed by atoms with Crippen molar-refractivity contribution in [1.82, 2.24) is 4.98 Å². The summed E-state index contributed by atoms with van der Waals surface area (Å²) in [6, 6.07) is 2.56. The van der Waals surface area contributed by atoms with E-state index in [9.17, 15) is 31.0 Å². The molecule has 0 bridgehead atoms. The molecular weight excluding hydrogens is 495 g/mol. The molecule has 0 unspecified atom stereocenters. The molecule has 0 radical (unpaired) electrons. The van der Waals surface area contributed by atoms with Crippen LogP contribution in [-0.4, -0.2) is 52.8 Å². The maximum absolute atomic E-state index is 14.0. The predicted octanol–water partition coefficient (Wildman–Crippen LogP) is 4.21. The van der Waals surface area contributed by atoms with E-state index in [4.69, 9.17) is 21.1 Å². The summed E-state index contributed by atoms with van der Waals surface area (Å²) in [6.07, 6.45) is -3.48. The van der Waals surface area contributed by atoms with Crippen molar-refractivity contribution in [2.75, 3.05) is 30.1 Å². The first-order valence-corrected chi connectivity index (χ1v) is 11.6. The first kappa shape index (κ1) is 25.1. The standard InChI is InChI=1S/C19H18ClF5N4O3S/c1-32-18(19(23,24)25)8-13(29(9-18)12-4-3-11(21)16(22)15(12)20)17(30)28-10-5-6-27-14(7-10)33(2,26)31/h3-7,13,26H,8-9H2,1-2H3,(H,27,28,30)/t13-,18-,33-/m1/s1. The molecule has 0 spiro atoms. The van der Waals surface area contributed by atoms with E-state index in [0.717, 1.165) is 30.4 Å². The van der Waals surface area contributed by atoms with Gasteiger partial charge in [0.15, 0.2) is 17.2 Å². The predicted molar refractivity (Wildman–Crippen MR) is 111 cm³/mol. The number of rotatable bonds is 5. The van der Waals surface area contributed by atoms with Gasteiger partial charge in [-0.1, -0.05) is 11.6 Å². The highest BCUT2D eigenvalue weighted by molar-refractivity contribution is 7.91. The van der Waals surface area contributed by atoms with Crippen LogP contribution in [0.4, 0.5) is 33.3 Å². The van der Waals surface area contributed by atoms with E-state index in [-0.39, 0.29) is 16.4 Å². The number of ether oxygens (including phenoxy) is 1. The average molecular weight is 513 g/mol. The van der Waals surface area contributed by atoms with Gasteiger partial charge < -0.3 is 15.0 Å². The summed E-state index contributed by atoms with van der Waals surface area (Å²) in [6.45, 7) is -0.910. The van der Waals surface area contributed by atoms with Crippen molar-refractivity contribution in [2.45, 2.75) is 29.3 Å². The fourth-order valence-electron chi connectivity index (χ4n) is 3.49. The highest BCUT2D eigenvalue weighted by Crippen LogP contribution is 2.46. The smallest absolute Gasteiger partial charge is 0.367 e. The number of alkyl halides is 3. The lowest BCUT2D eigenvalue weighted by Crippen LogP contribution is -2.49. The van der Waals surface area contributed by atoms with Gasteiger partial charge in [-0.05, 0) is 24.3 Å². The van der Waals surface area contributed by atoms with E-state index >= 15 is 0 Å². The van der Waals surface area contributed by atoms with E-state index in [1.807, 2.05) is 0 Å². The summed E-state index contributed by atoms with van der Waals surface area (Å²) < 4.78 is 93.5. The quantitative estimate of drug-likeness (QED) is 0.462. The Kier molecular flexibility index (Phi) is 6.61. The number of benzene rings is 1. The number of nitrogens with one attached hydrogen (secondary N) is 2. The van der Waals surface area contributed by atoms with Gasteiger partial charge >= 0.3 is 6.18 Å². The van der Waals surface area contributed by atoms with Gasteiger partial charge in [0.05, 0.1) is 22.0 Å².